The molecule has 1 aliphatic heterocycles. The summed E-state index contributed by atoms with van der Waals surface area (Å²) in [4.78, 5) is 12.2. The molecule has 1 aromatic carbocycles. The number of allylic oxidation sites excluding steroid dienone is 1. The number of carbonyl (C=O) groups is 1. The second kappa shape index (κ2) is 5.59. The maximum Gasteiger partial charge on any atom is 0.338 e. The molecule has 1 aromatic heterocycles. The molecule has 0 saturated heterocycles. The van der Waals surface area contributed by atoms with E-state index in [0.717, 1.165) is 0 Å². The van der Waals surface area contributed by atoms with Crippen molar-refractivity contribution in [1.29, 1.82) is 0 Å². The van der Waals surface area contributed by atoms with E-state index in [2.05, 4.69) is 20.8 Å². The molecule has 2 N–H and O–H groups in total. The van der Waals surface area contributed by atoms with Crippen molar-refractivity contribution in [2.75, 3.05) is 19.5 Å². The highest BCUT2D eigenvalue weighted by molar-refractivity contribution is 5.97. The number of hydrogen-bond acceptors (Lipinski definition) is 8. The highest BCUT2D eigenvalue weighted by atomic mass is 16.5. The third-order valence-electron chi connectivity index (χ3n) is 3.68. The number of ether oxygens (including phenoxy) is 2. The van der Waals surface area contributed by atoms with E-state index in [4.69, 9.17) is 9.47 Å². The molecule has 0 bridgehead atoms. The number of esters is 1. The Balaban J connectivity index is 2.14. The van der Waals surface area contributed by atoms with Crippen LogP contribution < -0.4 is 10.1 Å². The number of phenols is 1. The van der Waals surface area contributed by atoms with Gasteiger partial charge in [-0.1, -0.05) is 11.2 Å². The van der Waals surface area contributed by atoms with Gasteiger partial charge in [-0.05, 0) is 35.0 Å². The van der Waals surface area contributed by atoms with Crippen LogP contribution in [-0.2, 0) is 9.53 Å². The van der Waals surface area contributed by atoms with Crippen LogP contribution in [-0.4, -0.2) is 45.5 Å². The number of tetrazole rings is 1. The molecule has 0 radical (unpaired) electrons. The molecule has 1 unspecified atom stereocenters. The van der Waals surface area contributed by atoms with Gasteiger partial charge in [0.1, 0.15) is 0 Å². The zero-order chi connectivity index (χ0) is 16.6. The summed E-state index contributed by atoms with van der Waals surface area (Å²) in [6.07, 6.45) is 0. The van der Waals surface area contributed by atoms with Crippen molar-refractivity contribution in [3.05, 3.63) is 29.3 Å². The predicted molar refractivity (Wildman–Crippen MR) is 79.7 cm³/mol. The molecule has 0 saturated carbocycles. The minimum atomic E-state index is -0.532. The van der Waals surface area contributed by atoms with Crippen LogP contribution in [0.3, 0.4) is 0 Å². The number of benzene rings is 1. The first-order valence-corrected chi connectivity index (χ1v) is 6.78. The van der Waals surface area contributed by atoms with Crippen LogP contribution in [0.25, 0.3) is 5.70 Å². The second-order valence-corrected chi connectivity index (χ2v) is 4.91. The molecule has 2 heterocycles. The summed E-state index contributed by atoms with van der Waals surface area (Å²) in [6.45, 7) is 1.73. The summed E-state index contributed by atoms with van der Waals surface area (Å²) >= 11 is 0. The molecule has 9 heteroatoms. The zero-order valence-electron chi connectivity index (χ0n) is 12.8. The third-order valence-corrected chi connectivity index (χ3v) is 3.68. The van der Waals surface area contributed by atoms with Crippen LogP contribution in [0.15, 0.2) is 23.8 Å². The Hall–Kier alpha value is -3.10. The van der Waals surface area contributed by atoms with Crippen LogP contribution in [0.5, 0.6) is 11.5 Å². The Morgan fingerprint density at radius 3 is 2.87 bits per heavy atom. The zero-order valence-corrected chi connectivity index (χ0v) is 12.8. The summed E-state index contributed by atoms with van der Waals surface area (Å²) in [5, 5.41) is 24.2. The van der Waals surface area contributed by atoms with Gasteiger partial charge in [0.2, 0.25) is 5.95 Å². The normalized spacial score (nSPS) is 16.6. The Morgan fingerprint density at radius 1 is 1.39 bits per heavy atom. The fraction of sp³-hybridized carbons (Fsp3) is 0.286. The lowest BCUT2D eigenvalue weighted by molar-refractivity contribution is -0.136. The van der Waals surface area contributed by atoms with Gasteiger partial charge in [-0.25, -0.2) is 4.79 Å². The first-order valence-electron chi connectivity index (χ1n) is 6.78. The quantitative estimate of drug-likeness (QED) is 0.805. The Morgan fingerprint density at radius 2 is 2.17 bits per heavy atom. The molecule has 120 valence electrons. The molecule has 0 spiro atoms. The molecule has 2 aromatic rings. The highest BCUT2D eigenvalue weighted by Crippen LogP contribution is 2.37. The Labute approximate surface area is 131 Å². The fourth-order valence-corrected chi connectivity index (χ4v) is 2.53. The van der Waals surface area contributed by atoms with E-state index in [1.165, 1.54) is 25.0 Å². The summed E-state index contributed by atoms with van der Waals surface area (Å²) in [7, 11) is 2.77. The van der Waals surface area contributed by atoms with Crippen LogP contribution in [0.1, 0.15) is 18.5 Å². The number of aromatic nitrogens is 4. The number of fused-ring (bicyclic) bond motifs is 1. The predicted octanol–water partition coefficient (Wildman–Crippen LogP) is 0.958. The lowest BCUT2D eigenvalue weighted by atomic mass is 9.95. The number of phenolic OH excluding ortho intramolecular Hbond substituents is 1. The van der Waals surface area contributed by atoms with Crippen molar-refractivity contribution < 1.29 is 19.4 Å². The fourth-order valence-electron chi connectivity index (χ4n) is 2.53. The van der Waals surface area contributed by atoms with Crippen LogP contribution >= 0.6 is 0 Å². The minimum absolute atomic E-state index is 0.0113. The van der Waals surface area contributed by atoms with Crippen LogP contribution in [0.2, 0.25) is 0 Å². The Bertz CT molecular complexity index is 798. The summed E-state index contributed by atoms with van der Waals surface area (Å²) in [6, 6.07) is 4.29. The molecule has 0 aliphatic carbocycles. The largest absolute Gasteiger partial charge is 0.504 e. The van der Waals surface area contributed by atoms with E-state index in [1.54, 1.807) is 19.1 Å². The van der Waals surface area contributed by atoms with Crippen molar-refractivity contribution in [3.63, 3.8) is 0 Å². The number of methoxy groups -OCH3 is 2. The van der Waals surface area contributed by atoms with Crippen molar-refractivity contribution in [1.82, 2.24) is 20.2 Å². The van der Waals surface area contributed by atoms with Crippen LogP contribution in [0.4, 0.5) is 5.95 Å². The first-order chi connectivity index (χ1) is 11.1. The molecule has 9 nitrogen and oxygen atoms in total. The number of hydrogen-bond donors (Lipinski definition) is 2. The van der Waals surface area contributed by atoms with Gasteiger partial charge in [-0.3, -0.25) is 0 Å². The highest BCUT2D eigenvalue weighted by Gasteiger charge is 2.33. The van der Waals surface area contributed by atoms with E-state index < -0.39 is 12.0 Å². The number of anilines is 1. The molecule has 3 rings (SSSR count). The molecule has 1 atom stereocenters. The number of nitrogens with zero attached hydrogens (tertiary/aromatic N) is 4. The molecular weight excluding hydrogens is 302 g/mol. The van der Waals surface area contributed by atoms with Crippen molar-refractivity contribution in [2.45, 2.75) is 13.0 Å². The maximum absolute atomic E-state index is 12.2. The summed E-state index contributed by atoms with van der Waals surface area (Å²) in [5.41, 5.74) is 1.64. The number of aromatic hydroxyl groups is 1. The van der Waals surface area contributed by atoms with E-state index in [0.29, 0.717) is 28.5 Å². The van der Waals surface area contributed by atoms with Crippen molar-refractivity contribution >= 4 is 17.6 Å². The average Bonchev–Trinajstić information content (AvgIpc) is 3.03. The Kier molecular flexibility index (Phi) is 3.61. The SMILES string of the molecule is COC(=O)C1=C(C)n2nnnc2NC1c1ccc(O)c(OC)c1. The molecule has 0 amide bonds. The lowest BCUT2D eigenvalue weighted by Gasteiger charge is -2.27. The van der Waals surface area contributed by atoms with E-state index in [9.17, 15) is 9.90 Å². The van der Waals surface area contributed by atoms with E-state index >= 15 is 0 Å². The van der Waals surface area contributed by atoms with Gasteiger partial charge in [0.25, 0.3) is 0 Å². The van der Waals surface area contributed by atoms with Gasteiger partial charge >= 0.3 is 5.97 Å². The number of nitrogens with one attached hydrogen (secondary N) is 1. The van der Waals surface area contributed by atoms with E-state index in [-0.39, 0.29) is 5.75 Å². The molecule has 1 aliphatic rings. The van der Waals surface area contributed by atoms with Gasteiger partial charge < -0.3 is 19.9 Å². The minimum Gasteiger partial charge on any atom is -0.504 e. The van der Waals surface area contributed by atoms with Gasteiger partial charge in [0.05, 0.1) is 31.5 Å². The average molecular weight is 317 g/mol. The lowest BCUT2D eigenvalue weighted by Crippen LogP contribution is -2.28. The van der Waals surface area contributed by atoms with Crippen molar-refractivity contribution in [3.8, 4) is 11.5 Å². The van der Waals surface area contributed by atoms with Gasteiger partial charge in [-0.15, -0.1) is 0 Å². The van der Waals surface area contributed by atoms with Crippen LogP contribution in [0, 0.1) is 0 Å². The summed E-state index contributed by atoms with van der Waals surface area (Å²) in [5.74, 6) is 0.230. The topological polar surface area (TPSA) is 111 Å². The summed E-state index contributed by atoms with van der Waals surface area (Å²) < 4.78 is 11.4. The second-order valence-electron chi connectivity index (χ2n) is 4.91. The van der Waals surface area contributed by atoms with Gasteiger partial charge in [0, 0.05) is 0 Å². The van der Waals surface area contributed by atoms with Gasteiger partial charge in [0.15, 0.2) is 11.5 Å². The number of rotatable bonds is 3. The molecule has 0 fully saturated rings. The maximum atomic E-state index is 12.2. The third kappa shape index (κ3) is 2.35. The molecule has 23 heavy (non-hydrogen) atoms. The smallest absolute Gasteiger partial charge is 0.338 e. The number of carbonyl (C=O) groups excluding carboxylic acids is 1. The first kappa shape index (κ1) is 14.8. The monoisotopic (exact) mass is 317 g/mol. The molecular formula is C14H15N5O4. The van der Waals surface area contributed by atoms with E-state index in [1.807, 2.05) is 0 Å². The standard InChI is InChI=1S/C14H15N5O4/c1-7-11(13(21)23-3)12(15-14-16-17-18-19(7)14)8-4-5-9(20)10(6-8)22-2/h4-6,12,20H,1-3H3,(H,15,16,18). The van der Waals surface area contributed by atoms with Gasteiger partial charge in [-0.2, -0.15) is 4.68 Å². The van der Waals surface area contributed by atoms with Crippen molar-refractivity contribution in [2.24, 2.45) is 0 Å².